The third-order valence-corrected chi connectivity index (χ3v) is 3.99. The third-order valence-electron chi connectivity index (χ3n) is 3.99. The van der Waals surface area contributed by atoms with Crippen molar-refractivity contribution in [3.05, 3.63) is 35.9 Å². The second kappa shape index (κ2) is 8.15. The quantitative estimate of drug-likeness (QED) is 0.863. The molecule has 1 saturated heterocycles. The van der Waals surface area contributed by atoms with Crippen LogP contribution in [-0.4, -0.2) is 56.0 Å². The second-order valence-electron chi connectivity index (χ2n) is 6.09. The topological polar surface area (TPSA) is 35.6 Å². The smallest absolute Gasteiger partial charge is 0.227 e. The summed E-state index contributed by atoms with van der Waals surface area (Å²) < 4.78 is 0. The SMILES string of the molecule is CN(C)CCN(Cc1ccccc1)C(=O)[C@@H]1CCCNC1. The van der Waals surface area contributed by atoms with E-state index >= 15 is 0 Å². The molecular formula is C17H27N3O. The van der Waals surface area contributed by atoms with E-state index in [2.05, 4.69) is 22.3 Å². The van der Waals surface area contributed by atoms with Crippen LogP contribution in [0.25, 0.3) is 0 Å². The highest BCUT2D eigenvalue weighted by atomic mass is 16.2. The Balaban J connectivity index is 2.01. The molecule has 1 aromatic carbocycles. The van der Waals surface area contributed by atoms with Crippen LogP contribution in [0.1, 0.15) is 18.4 Å². The van der Waals surface area contributed by atoms with E-state index in [9.17, 15) is 4.79 Å². The summed E-state index contributed by atoms with van der Waals surface area (Å²) in [6.45, 7) is 4.27. The minimum atomic E-state index is 0.143. The van der Waals surface area contributed by atoms with Gasteiger partial charge in [-0.3, -0.25) is 4.79 Å². The molecule has 0 spiro atoms. The minimum Gasteiger partial charge on any atom is -0.337 e. The van der Waals surface area contributed by atoms with Gasteiger partial charge in [-0.15, -0.1) is 0 Å². The molecule has 1 aromatic rings. The summed E-state index contributed by atoms with van der Waals surface area (Å²) in [4.78, 5) is 16.9. The van der Waals surface area contributed by atoms with E-state index in [1.165, 1.54) is 5.56 Å². The molecule has 1 aliphatic heterocycles. The third kappa shape index (κ3) is 5.14. The molecule has 21 heavy (non-hydrogen) atoms. The summed E-state index contributed by atoms with van der Waals surface area (Å²) in [6, 6.07) is 10.3. The van der Waals surface area contributed by atoms with E-state index in [-0.39, 0.29) is 5.92 Å². The zero-order chi connectivity index (χ0) is 15.1. The molecule has 1 atom stereocenters. The molecule has 0 aromatic heterocycles. The number of hydrogen-bond donors (Lipinski definition) is 1. The highest BCUT2D eigenvalue weighted by molar-refractivity contribution is 5.79. The molecule has 1 aliphatic rings. The average molecular weight is 289 g/mol. The van der Waals surface area contributed by atoms with Gasteiger partial charge in [0.2, 0.25) is 5.91 Å². The Labute approximate surface area is 128 Å². The molecule has 2 rings (SSSR count). The first kappa shape index (κ1) is 16.0. The van der Waals surface area contributed by atoms with Crippen LogP contribution in [0.2, 0.25) is 0 Å². The molecule has 0 bridgehead atoms. The molecule has 116 valence electrons. The van der Waals surface area contributed by atoms with Crippen molar-refractivity contribution in [2.75, 3.05) is 40.3 Å². The van der Waals surface area contributed by atoms with Crippen LogP contribution in [0.5, 0.6) is 0 Å². The van der Waals surface area contributed by atoms with E-state index < -0.39 is 0 Å². The van der Waals surface area contributed by atoms with Crippen molar-refractivity contribution in [3.8, 4) is 0 Å². The zero-order valence-corrected chi connectivity index (χ0v) is 13.2. The number of amides is 1. The average Bonchev–Trinajstić information content (AvgIpc) is 2.52. The van der Waals surface area contributed by atoms with Crippen molar-refractivity contribution >= 4 is 5.91 Å². The van der Waals surface area contributed by atoms with Gasteiger partial charge in [-0.1, -0.05) is 30.3 Å². The van der Waals surface area contributed by atoms with Gasteiger partial charge in [-0.2, -0.15) is 0 Å². The predicted octanol–water partition coefficient (Wildman–Crippen LogP) is 1.58. The summed E-state index contributed by atoms with van der Waals surface area (Å²) in [5.74, 6) is 0.442. The van der Waals surface area contributed by atoms with Crippen molar-refractivity contribution in [2.24, 2.45) is 5.92 Å². The van der Waals surface area contributed by atoms with Gasteiger partial charge < -0.3 is 15.1 Å². The Bertz CT molecular complexity index is 427. The predicted molar refractivity (Wildman–Crippen MR) is 86.0 cm³/mol. The van der Waals surface area contributed by atoms with Crippen LogP contribution in [-0.2, 0) is 11.3 Å². The highest BCUT2D eigenvalue weighted by Gasteiger charge is 2.25. The van der Waals surface area contributed by atoms with Crippen molar-refractivity contribution in [1.29, 1.82) is 0 Å². The lowest BCUT2D eigenvalue weighted by Crippen LogP contribution is -2.44. The van der Waals surface area contributed by atoms with Crippen molar-refractivity contribution < 1.29 is 4.79 Å². The summed E-state index contributed by atoms with van der Waals surface area (Å²) in [5, 5.41) is 3.34. The molecule has 4 nitrogen and oxygen atoms in total. The number of nitrogens with zero attached hydrogens (tertiary/aromatic N) is 2. The molecule has 0 radical (unpaired) electrons. The zero-order valence-electron chi connectivity index (χ0n) is 13.2. The lowest BCUT2D eigenvalue weighted by Gasteiger charge is -2.30. The molecule has 0 aliphatic carbocycles. The fraction of sp³-hybridized carbons (Fsp3) is 0.588. The van der Waals surface area contributed by atoms with Gasteiger partial charge in [-0.25, -0.2) is 0 Å². The maximum absolute atomic E-state index is 12.8. The Morgan fingerprint density at radius 2 is 2.00 bits per heavy atom. The van der Waals surface area contributed by atoms with E-state index in [1.54, 1.807) is 0 Å². The van der Waals surface area contributed by atoms with Crippen LogP contribution in [0, 0.1) is 5.92 Å². The molecule has 0 unspecified atom stereocenters. The van der Waals surface area contributed by atoms with Crippen molar-refractivity contribution in [1.82, 2.24) is 15.1 Å². The number of nitrogens with one attached hydrogen (secondary N) is 1. The normalized spacial score (nSPS) is 18.7. The monoisotopic (exact) mass is 289 g/mol. The Morgan fingerprint density at radius 1 is 1.24 bits per heavy atom. The van der Waals surface area contributed by atoms with Crippen LogP contribution < -0.4 is 5.32 Å². The first-order valence-electron chi connectivity index (χ1n) is 7.85. The molecule has 0 saturated carbocycles. The minimum absolute atomic E-state index is 0.143. The van der Waals surface area contributed by atoms with Gasteiger partial charge in [0.25, 0.3) is 0 Å². The lowest BCUT2D eigenvalue weighted by atomic mass is 9.98. The summed E-state index contributed by atoms with van der Waals surface area (Å²) in [6.07, 6.45) is 2.11. The van der Waals surface area contributed by atoms with Crippen molar-refractivity contribution in [3.63, 3.8) is 0 Å². The van der Waals surface area contributed by atoms with Crippen LogP contribution in [0.15, 0.2) is 30.3 Å². The Kier molecular flexibility index (Phi) is 6.21. The Morgan fingerprint density at radius 3 is 2.62 bits per heavy atom. The fourth-order valence-corrected chi connectivity index (χ4v) is 2.71. The van der Waals surface area contributed by atoms with Gasteiger partial charge >= 0.3 is 0 Å². The largest absolute Gasteiger partial charge is 0.337 e. The number of rotatable bonds is 6. The number of piperidine rings is 1. The first-order chi connectivity index (χ1) is 10.2. The maximum Gasteiger partial charge on any atom is 0.227 e. The van der Waals surface area contributed by atoms with Gasteiger partial charge in [0.15, 0.2) is 0 Å². The van der Waals surface area contributed by atoms with Gasteiger partial charge in [0, 0.05) is 26.2 Å². The molecule has 4 heteroatoms. The Hall–Kier alpha value is -1.39. The maximum atomic E-state index is 12.8. The molecule has 1 amide bonds. The first-order valence-corrected chi connectivity index (χ1v) is 7.85. The standard InChI is InChI=1S/C17H27N3O/c1-19(2)11-12-20(14-15-7-4-3-5-8-15)17(21)16-9-6-10-18-13-16/h3-5,7-8,16,18H,6,9-14H2,1-2H3/t16-/m1/s1. The molecular weight excluding hydrogens is 262 g/mol. The number of benzene rings is 1. The van der Waals surface area contributed by atoms with E-state index in [4.69, 9.17) is 0 Å². The number of carbonyl (C=O) groups is 1. The summed E-state index contributed by atoms with van der Waals surface area (Å²) in [7, 11) is 4.10. The van der Waals surface area contributed by atoms with E-state index in [1.807, 2.05) is 37.2 Å². The summed E-state index contributed by atoms with van der Waals surface area (Å²) in [5.41, 5.74) is 1.20. The highest BCUT2D eigenvalue weighted by Crippen LogP contribution is 2.15. The van der Waals surface area contributed by atoms with Gasteiger partial charge in [-0.05, 0) is 39.0 Å². The van der Waals surface area contributed by atoms with Crippen molar-refractivity contribution in [2.45, 2.75) is 19.4 Å². The van der Waals surface area contributed by atoms with Crippen LogP contribution in [0.4, 0.5) is 0 Å². The van der Waals surface area contributed by atoms with Gasteiger partial charge in [0.1, 0.15) is 0 Å². The number of carbonyl (C=O) groups excluding carboxylic acids is 1. The molecule has 1 N–H and O–H groups in total. The van der Waals surface area contributed by atoms with Crippen LogP contribution in [0.3, 0.4) is 0 Å². The lowest BCUT2D eigenvalue weighted by molar-refractivity contribution is -0.136. The van der Waals surface area contributed by atoms with E-state index in [0.29, 0.717) is 12.5 Å². The van der Waals surface area contributed by atoms with Crippen LogP contribution >= 0.6 is 0 Å². The number of hydrogen-bond acceptors (Lipinski definition) is 3. The molecule has 1 heterocycles. The molecule has 1 fully saturated rings. The van der Waals surface area contributed by atoms with E-state index in [0.717, 1.165) is 39.0 Å². The van der Waals surface area contributed by atoms with Gasteiger partial charge in [0.05, 0.1) is 5.92 Å². The fourth-order valence-electron chi connectivity index (χ4n) is 2.71. The number of likely N-dealkylation sites (N-methyl/N-ethyl adjacent to an activating group) is 1. The summed E-state index contributed by atoms with van der Waals surface area (Å²) >= 11 is 0. The second-order valence-corrected chi connectivity index (χ2v) is 6.09.